The molecule has 0 radical (unpaired) electrons. The summed E-state index contributed by atoms with van der Waals surface area (Å²) in [4.78, 5) is 23.4. The molecule has 1 aliphatic heterocycles. The van der Waals surface area contributed by atoms with Gasteiger partial charge in [-0.25, -0.2) is 4.79 Å². The fraction of sp³-hybridized carbons (Fsp3) is 0.385. The lowest BCUT2D eigenvalue weighted by atomic mass is 9.85. The Labute approximate surface area is 138 Å². The van der Waals surface area contributed by atoms with Crippen molar-refractivity contribution in [2.75, 3.05) is 18.5 Å². The van der Waals surface area contributed by atoms with Crippen molar-refractivity contribution in [2.45, 2.75) is 13.0 Å². The number of carboxylic acid groups (broad SMARTS) is 1. The minimum absolute atomic E-state index is 0.0754. The van der Waals surface area contributed by atoms with Crippen LogP contribution in [0.15, 0.2) is 27.1 Å². The smallest absolute Gasteiger partial charge is 0.319 e. The molecule has 2 amide bonds. The van der Waals surface area contributed by atoms with Crippen LogP contribution in [0.1, 0.15) is 6.92 Å². The van der Waals surface area contributed by atoms with E-state index in [1.54, 1.807) is 19.1 Å². The standard InChI is InChI=1S/C13H14Br2N2O4/c1-13(11(18)19)6-21-5-9(13)16-12(20)17-10-7(14)3-2-4-8(10)15/h2-4,9H,5-6H2,1H3,(H,18,19)(H2,16,17,20). The van der Waals surface area contributed by atoms with Crippen LogP contribution >= 0.6 is 31.9 Å². The second kappa shape index (κ2) is 6.33. The maximum Gasteiger partial charge on any atom is 0.319 e. The van der Waals surface area contributed by atoms with Crippen LogP contribution in [0.4, 0.5) is 10.5 Å². The molecule has 0 aliphatic carbocycles. The summed E-state index contributed by atoms with van der Waals surface area (Å²) in [7, 11) is 0. The van der Waals surface area contributed by atoms with Gasteiger partial charge >= 0.3 is 12.0 Å². The molecule has 114 valence electrons. The molecule has 6 nitrogen and oxygen atoms in total. The summed E-state index contributed by atoms with van der Waals surface area (Å²) in [5.41, 5.74) is -0.548. The van der Waals surface area contributed by atoms with E-state index in [0.29, 0.717) is 5.69 Å². The topological polar surface area (TPSA) is 87.7 Å². The van der Waals surface area contributed by atoms with Gasteiger partial charge in [0, 0.05) is 8.95 Å². The Kier molecular flexibility index (Phi) is 4.90. The van der Waals surface area contributed by atoms with E-state index in [-0.39, 0.29) is 13.2 Å². The van der Waals surface area contributed by atoms with E-state index < -0.39 is 23.5 Å². The van der Waals surface area contributed by atoms with Gasteiger partial charge in [-0.3, -0.25) is 4.79 Å². The molecule has 1 heterocycles. The summed E-state index contributed by atoms with van der Waals surface area (Å²) >= 11 is 6.69. The molecule has 2 atom stereocenters. The van der Waals surface area contributed by atoms with Crippen molar-refractivity contribution in [1.29, 1.82) is 0 Å². The fourth-order valence-electron chi connectivity index (χ4n) is 2.01. The van der Waals surface area contributed by atoms with Crippen LogP contribution in [0.25, 0.3) is 0 Å². The molecule has 1 fully saturated rings. The Morgan fingerprint density at radius 1 is 1.38 bits per heavy atom. The number of para-hydroxylation sites is 1. The first-order chi connectivity index (χ1) is 9.84. The quantitative estimate of drug-likeness (QED) is 0.700. The summed E-state index contributed by atoms with van der Waals surface area (Å²) in [6.07, 6.45) is 0. The average molecular weight is 422 g/mol. The number of urea groups is 1. The maximum absolute atomic E-state index is 12.1. The van der Waals surface area contributed by atoms with Gasteiger partial charge in [0.25, 0.3) is 0 Å². The van der Waals surface area contributed by atoms with Crippen LogP contribution in [-0.4, -0.2) is 36.4 Å². The van der Waals surface area contributed by atoms with Gasteiger partial charge in [0.15, 0.2) is 0 Å². The maximum atomic E-state index is 12.1. The molecule has 0 spiro atoms. The SMILES string of the molecule is CC1(C(=O)O)COCC1NC(=O)Nc1c(Br)cccc1Br. The Bertz CT molecular complexity index is 561. The molecular formula is C13H14Br2N2O4. The second-order valence-electron chi connectivity index (χ2n) is 4.99. The van der Waals surface area contributed by atoms with Crippen LogP contribution in [0.3, 0.4) is 0 Å². The third-order valence-corrected chi connectivity index (χ3v) is 4.77. The lowest BCUT2D eigenvalue weighted by Gasteiger charge is -2.25. The van der Waals surface area contributed by atoms with Crippen LogP contribution in [0, 0.1) is 5.41 Å². The van der Waals surface area contributed by atoms with E-state index in [0.717, 1.165) is 8.95 Å². The van der Waals surface area contributed by atoms with Crippen LogP contribution in [0.5, 0.6) is 0 Å². The fourth-order valence-corrected chi connectivity index (χ4v) is 3.21. The van der Waals surface area contributed by atoms with E-state index in [1.807, 2.05) is 6.07 Å². The van der Waals surface area contributed by atoms with Gasteiger partial charge in [0.05, 0.1) is 24.9 Å². The van der Waals surface area contributed by atoms with Crippen LogP contribution in [0.2, 0.25) is 0 Å². The molecule has 21 heavy (non-hydrogen) atoms. The normalized spacial score (nSPS) is 24.6. The van der Waals surface area contributed by atoms with E-state index in [4.69, 9.17) is 4.74 Å². The molecule has 2 rings (SSSR count). The lowest BCUT2D eigenvalue weighted by Crippen LogP contribution is -2.50. The van der Waals surface area contributed by atoms with Crippen molar-refractivity contribution < 1.29 is 19.4 Å². The van der Waals surface area contributed by atoms with Crippen LogP contribution in [-0.2, 0) is 9.53 Å². The monoisotopic (exact) mass is 420 g/mol. The number of hydrogen-bond donors (Lipinski definition) is 3. The first-order valence-electron chi connectivity index (χ1n) is 6.17. The molecule has 1 aliphatic rings. The minimum Gasteiger partial charge on any atom is -0.481 e. The van der Waals surface area contributed by atoms with Crippen molar-refractivity contribution in [1.82, 2.24) is 5.32 Å². The highest BCUT2D eigenvalue weighted by molar-refractivity contribution is 9.11. The van der Waals surface area contributed by atoms with Gasteiger partial charge in [-0.15, -0.1) is 0 Å². The molecule has 0 aromatic heterocycles. The number of amides is 2. The van der Waals surface area contributed by atoms with Gasteiger partial charge in [-0.1, -0.05) is 6.07 Å². The van der Waals surface area contributed by atoms with Gasteiger partial charge in [0.2, 0.25) is 0 Å². The Morgan fingerprint density at radius 3 is 2.57 bits per heavy atom. The summed E-state index contributed by atoms with van der Waals surface area (Å²) < 4.78 is 6.63. The molecule has 1 aromatic carbocycles. The molecule has 2 unspecified atom stereocenters. The number of carbonyl (C=O) groups is 2. The number of hydrogen-bond acceptors (Lipinski definition) is 3. The largest absolute Gasteiger partial charge is 0.481 e. The zero-order valence-corrected chi connectivity index (χ0v) is 14.3. The summed E-state index contributed by atoms with van der Waals surface area (Å²) in [5, 5.41) is 14.6. The first kappa shape index (κ1) is 16.3. The van der Waals surface area contributed by atoms with Gasteiger partial charge in [-0.2, -0.15) is 0 Å². The van der Waals surface area contributed by atoms with E-state index in [1.165, 1.54) is 0 Å². The summed E-state index contributed by atoms with van der Waals surface area (Å²) in [6, 6.07) is 4.34. The lowest BCUT2D eigenvalue weighted by molar-refractivity contribution is -0.148. The highest BCUT2D eigenvalue weighted by Gasteiger charge is 2.47. The second-order valence-corrected chi connectivity index (χ2v) is 6.69. The van der Waals surface area contributed by atoms with E-state index >= 15 is 0 Å². The number of carboxylic acids is 1. The number of rotatable bonds is 3. The van der Waals surface area contributed by atoms with Gasteiger partial charge in [-0.05, 0) is 50.9 Å². The third-order valence-electron chi connectivity index (χ3n) is 3.45. The molecule has 3 N–H and O–H groups in total. The molecular weight excluding hydrogens is 408 g/mol. The zero-order chi connectivity index (χ0) is 15.6. The number of benzene rings is 1. The number of aliphatic carboxylic acids is 1. The van der Waals surface area contributed by atoms with Gasteiger partial charge < -0.3 is 20.5 Å². The highest BCUT2D eigenvalue weighted by atomic mass is 79.9. The predicted molar refractivity (Wildman–Crippen MR) is 84.3 cm³/mol. The van der Waals surface area contributed by atoms with E-state index in [9.17, 15) is 14.7 Å². The zero-order valence-electron chi connectivity index (χ0n) is 11.2. The van der Waals surface area contributed by atoms with E-state index in [2.05, 4.69) is 42.5 Å². The number of carbonyl (C=O) groups excluding carboxylic acids is 1. The Balaban J connectivity index is 2.07. The number of ether oxygens (including phenoxy) is 1. The van der Waals surface area contributed by atoms with Crippen molar-refractivity contribution in [3.63, 3.8) is 0 Å². The van der Waals surface area contributed by atoms with Crippen molar-refractivity contribution in [3.05, 3.63) is 27.1 Å². The molecule has 0 bridgehead atoms. The highest BCUT2D eigenvalue weighted by Crippen LogP contribution is 2.31. The summed E-state index contributed by atoms with van der Waals surface area (Å²) in [6.45, 7) is 1.81. The number of nitrogens with one attached hydrogen (secondary N) is 2. The molecule has 0 saturated carbocycles. The van der Waals surface area contributed by atoms with Crippen molar-refractivity contribution >= 4 is 49.5 Å². The van der Waals surface area contributed by atoms with Crippen LogP contribution < -0.4 is 10.6 Å². The van der Waals surface area contributed by atoms with Crippen molar-refractivity contribution in [2.24, 2.45) is 5.41 Å². The molecule has 1 saturated heterocycles. The molecule has 1 aromatic rings. The number of halogens is 2. The minimum atomic E-state index is -1.12. The Hall–Kier alpha value is -1.12. The van der Waals surface area contributed by atoms with Crippen molar-refractivity contribution in [3.8, 4) is 0 Å². The predicted octanol–water partition coefficient (Wildman–Crippen LogP) is 2.82. The average Bonchev–Trinajstić information content (AvgIpc) is 2.77. The third kappa shape index (κ3) is 3.38. The van der Waals surface area contributed by atoms with Gasteiger partial charge in [0.1, 0.15) is 5.41 Å². The number of anilines is 1. The first-order valence-corrected chi connectivity index (χ1v) is 7.76. The molecule has 8 heteroatoms. The summed E-state index contributed by atoms with van der Waals surface area (Å²) in [5.74, 6) is -0.993. The Morgan fingerprint density at radius 2 is 2.00 bits per heavy atom.